The van der Waals surface area contributed by atoms with Crippen molar-refractivity contribution in [3.63, 3.8) is 0 Å². The summed E-state index contributed by atoms with van der Waals surface area (Å²) in [5, 5.41) is -0.159. The van der Waals surface area contributed by atoms with Crippen LogP contribution >= 0.6 is 11.8 Å². The lowest BCUT2D eigenvalue weighted by Crippen LogP contribution is -2.56. The van der Waals surface area contributed by atoms with E-state index in [1.807, 2.05) is 73.7 Å². The molecule has 45 heavy (non-hydrogen) atoms. The minimum Gasteiger partial charge on any atom is -0.464 e. The molecule has 1 saturated heterocycles. The fourth-order valence-electron chi connectivity index (χ4n) is 5.58. The lowest BCUT2D eigenvalue weighted by Gasteiger charge is -2.45. The summed E-state index contributed by atoms with van der Waals surface area (Å²) in [6, 6.07) is 43.3. The van der Waals surface area contributed by atoms with Crippen molar-refractivity contribution in [1.29, 1.82) is 0 Å². The average molecular weight is 621 g/mol. The molecule has 4 aromatic carbocycles. The molecule has 0 saturated carbocycles. The molecule has 232 valence electrons. The van der Waals surface area contributed by atoms with Crippen LogP contribution in [0.3, 0.4) is 0 Å². The van der Waals surface area contributed by atoms with Crippen LogP contribution in [0.5, 0.6) is 0 Å². The summed E-state index contributed by atoms with van der Waals surface area (Å²) in [5.74, 6) is 1.62. The number of benzene rings is 4. The molecule has 6 rings (SSSR count). The molecule has 1 aliphatic rings. The van der Waals surface area contributed by atoms with Gasteiger partial charge in [0.1, 0.15) is 35.9 Å². The van der Waals surface area contributed by atoms with E-state index in [9.17, 15) is 0 Å². The van der Waals surface area contributed by atoms with Crippen LogP contribution in [0.1, 0.15) is 39.9 Å². The molecular weight excluding hydrogens is 580 g/mol. The summed E-state index contributed by atoms with van der Waals surface area (Å²) in [6.45, 7) is 5.77. The Hall–Kier alpha value is -3.65. The lowest BCUT2D eigenvalue weighted by molar-refractivity contribution is -0.221. The standard InChI is InChI=1S/C39H40O5S/c1-28-18-21-33(22-19-28)45-39-37(34-23-20-29(2)43-34)44-35(27-40-24-30-12-6-3-7-13-30)36(41-25-31-14-8-4-9-15-31)38(39)42-26-32-16-10-5-11-17-32/h3-23,35-39H,24-27H2,1-2H3/t35-,36-,37+,38+,39+/m1/s1. The molecular formula is C39H40O5S. The first kappa shape index (κ1) is 31.3. The molecule has 0 unspecified atom stereocenters. The van der Waals surface area contributed by atoms with Crippen molar-refractivity contribution in [2.45, 2.75) is 68.2 Å². The van der Waals surface area contributed by atoms with Crippen LogP contribution in [-0.4, -0.2) is 30.2 Å². The fraction of sp³-hybridized carbons (Fsp3) is 0.282. The number of ether oxygens (including phenoxy) is 4. The van der Waals surface area contributed by atoms with Gasteiger partial charge in [-0.2, -0.15) is 0 Å². The minimum absolute atomic E-state index is 0.159. The number of hydrogen-bond donors (Lipinski definition) is 0. The third-order valence-corrected chi connectivity index (χ3v) is 9.26. The molecule has 5 nitrogen and oxygen atoms in total. The molecule has 0 amide bonds. The van der Waals surface area contributed by atoms with Crippen molar-refractivity contribution >= 4 is 11.8 Å². The molecule has 2 heterocycles. The molecule has 0 radical (unpaired) electrons. The van der Waals surface area contributed by atoms with Gasteiger partial charge in [0, 0.05) is 4.90 Å². The highest BCUT2D eigenvalue weighted by atomic mass is 32.2. The van der Waals surface area contributed by atoms with E-state index >= 15 is 0 Å². The fourth-order valence-corrected chi connectivity index (χ4v) is 6.88. The summed E-state index contributed by atoms with van der Waals surface area (Å²) < 4.78 is 33.2. The van der Waals surface area contributed by atoms with Crippen molar-refractivity contribution in [3.05, 3.63) is 161 Å². The van der Waals surface area contributed by atoms with E-state index in [1.165, 1.54) is 5.56 Å². The molecule has 0 bridgehead atoms. The first-order valence-corrected chi connectivity index (χ1v) is 16.4. The molecule has 5 atom stereocenters. The molecule has 0 aliphatic carbocycles. The van der Waals surface area contributed by atoms with Crippen molar-refractivity contribution < 1.29 is 23.4 Å². The Bertz CT molecular complexity index is 1570. The van der Waals surface area contributed by atoms with Crippen molar-refractivity contribution in [1.82, 2.24) is 0 Å². The van der Waals surface area contributed by atoms with Crippen LogP contribution in [-0.2, 0) is 38.8 Å². The third kappa shape index (κ3) is 8.54. The number of thioether (sulfide) groups is 1. The largest absolute Gasteiger partial charge is 0.464 e. The average Bonchev–Trinajstić information content (AvgIpc) is 3.52. The van der Waals surface area contributed by atoms with Crippen molar-refractivity contribution in [2.75, 3.05) is 6.61 Å². The van der Waals surface area contributed by atoms with Crippen LogP contribution in [0, 0.1) is 13.8 Å². The predicted octanol–water partition coefficient (Wildman–Crippen LogP) is 8.88. The quantitative estimate of drug-likeness (QED) is 0.131. The van der Waals surface area contributed by atoms with E-state index in [1.54, 1.807) is 11.8 Å². The Morgan fingerprint density at radius 1 is 0.600 bits per heavy atom. The van der Waals surface area contributed by atoms with Gasteiger partial charge in [0.05, 0.1) is 31.7 Å². The van der Waals surface area contributed by atoms with Crippen LogP contribution < -0.4 is 0 Å². The monoisotopic (exact) mass is 620 g/mol. The highest BCUT2D eigenvalue weighted by Gasteiger charge is 2.49. The molecule has 6 heteroatoms. The Morgan fingerprint density at radius 2 is 1.16 bits per heavy atom. The van der Waals surface area contributed by atoms with Gasteiger partial charge in [0.25, 0.3) is 0 Å². The van der Waals surface area contributed by atoms with E-state index in [0.717, 1.165) is 33.1 Å². The maximum Gasteiger partial charge on any atom is 0.134 e. The predicted molar refractivity (Wildman–Crippen MR) is 178 cm³/mol. The molecule has 1 fully saturated rings. The second-order valence-electron chi connectivity index (χ2n) is 11.5. The zero-order chi connectivity index (χ0) is 30.8. The van der Waals surface area contributed by atoms with E-state index < -0.39 is 12.2 Å². The smallest absolute Gasteiger partial charge is 0.134 e. The van der Waals surface area contributed by atoms with Gasteiger partial charge in [0.15, 0.2) is 0 Å². The van der Waals surface area contributed by atoms with Gasteiger partial charge in [-0.25, -0.2) is 0 Å². The Morgan fingerprint density at radius 3 is 1.71 bits per heavy atom. The normalized spacial score (nSPS) is 21.5. The molecule has 5 aromatic rings. The Labute approximate surface area is 270 Å². The zero-order valence-electron chi connectivity index (χ0n) is 25.8. The van der Waals surface area contributed by atoms with Gasteiger partial charge in [-0.15, -0.1) is 11.8 Å². The summed E-state index contributed by atoms with van der Waals surface area (Å²) in [7, 11) is 0. The maximum atomic E-state index is 6.97. The van der Waals surface area contributed by atoms with Gasteiger partial charge in [-0.3, -0.25) is 0 Å². The van der Waals surface area contributed by atoms with E-state index in [2.05, 4.69) is 67.6 Å². The van der Waals surface area contributed by atoms with Crippen LogP contribution in [0.15, 0.2) is 137 Å². The SMILES string of the molecule is Cc1ccc(S[C@@H]2[C@@H](OCc3ccccc3)[C@H](OCc3ccccc3)[C@@H](COCc3ccccc3)O[C@H]2c2ccc(C)o2)cc1. The lowest BCUT2D eigenvalue weighted by atomic mass is 9.95. The highest BCUT2D eigenvalue weighted by molar-refractivity contribution is 8.00. The van der Waals surface area contributed by atoms with Gasteiger partial charge in [-0.05, 0) is 54.8 Å². The van der Waals surface area contributed by atoms with Crippen molar-refractivity contribution in [3.8, 4) is 0 Å². The second kappa shape index (κ2) is 15.6. The summed E-state index contributed by atoms with van der Waals surface area (Å²) >= 11 is 1.75. The number of rotatable bonds is 13. The van der Waals surface area contributed by atoms with Gasteiger partial charge < -0.3 is 23.4 Å². The topological polar surface area (TPSA) is 50.1 Å². The maximum absolute atomic E-state index is 6.97. The first-order chi connectivity index (χ1) is 22.1. The zero-order valence-corrected chi connectivity index (χ0v) is 26.6. The summed E-state index contributed by atoms with van der Waals surface area (Å²) in [5.41, 5.74) is 4.52. The van der Waals surface area contributed by atoms with Crippen LogP contribution in [0.2, 0.25) is 0 Å². The van der Waals surface area contributed by atoms with Crippen molar-refractivity contribution in [2.24, 2.45) is 0 Å². The third-order valence-electron chi connectivity index (χ3n) is 7.93. The highest BCUT2D eigenvalue weighted by Crippen LogP contribution is 2.45. The Balaban J connectivity index is 1.35. The number of furan rings is 1. The number of aryl methyl sites for hydroxylation is 2. The number of hydrogen-bond acceptors (Lipinski definition) is 6. The van der Waals surface area contributed by atoms with E-state index in [-0.39, 0.29) is 17.5 Å². The summed E-state index contributed by atoms with van der Waals surface area (Å²) in [6.07, 6.45) is -1.52. The van der Waals surface area contributed by atoms with Gasteiger partial charge in [0.2, 0.25) is 0 Å². The van der Waals surface area contributed by atoms with Gasteiger partial charge >= 0.3 is 0 Å². The molecule has 0 spiro atoms. The molecule has 0 N–H and O–H groups in total. The minimum atomic E-state index is -0.403. The van der Waals surface area contributed by atoms with Crippen LogP contribution in [0.25, 0.3) is 0 Å². The van der Waals surface area contributed by atoms with E-state index in [0.29, 0.717) is 26.4 Å². The summed E-state index contributed by atoms with van der Waals surface area (Å²) in [4.78, 5) is 1.14. The molecule has 1 aliphatic heterocycles. The Kier molecular flexibility index (Phi) is 10.8. The van der Waals surface area contributed by atoms with E-state index in [4.69, 9.17) is 23.4 Å². The van der Waals surface area contributed by atoms with Gasteiger partial charge in [-0.1, -0.05) is 109 Å². The first-order valence-electron chi connectivity index (χ1n) is 15.5. The molecule has 1 aromatic heterocycles. The van der Waals surface area contributed by atoms with Crippen LogP contribution in [0.4, 0.5) is 0 Å². The second-order valence-corrected chi connectivity index (χ2v) is 12.7.